The molecule has 114 valence electrons. The Morgan fingerprint density at radius 1 is 1.04 bits per heavy atom. The van der Waals surface area contributed by atoms with Gasteiger partial charge in [-0.1, -0.05) is 12.1 Å². The second-order valence-electron chi connectivity index (χ2n) is 5.44. The van der Waals surface area contributed by atoms with E-state index in [0.717, 1.165) is 33.7 Å². The van der Waals surface area contributed by atoms with Crippen molar-refractivity contribution < 1.29 is 4.79 Å². The van der Waals surface area contributed by atoms with Crippen molar-refractivity contribution >= 4 is 28.0 Å². The van der Waals surface area contributed by atoms with Crippen molar-refractivity contribution in [1.82, 2.24) is 25.3 Å². The molecule has 6 heteroatoms. The Morgan fingerprint density at radius 2 is 1.87 bits per heavy atom. The molecule has 0 atom stereocenters. The maximum atomic E-state index is 12.3. The number of H-pyrrole nitrogens is 2. The number of carbonyl (C=O) groups is 1. The molecule has 0 saturated heterocycles. The highest BCUT2D eigenvalue weighted by Crippen LogP contribution is 2.14. The quantitative estimate of drug-likeness (QED) is 0.544. The molecule has 4 rings (SSSR count). The third kappa shape index (κ3) is 2.55. The number of rotatable bonds is 3. The van der Waals surface area contributed by atoms with Gasteiger partial charge in [0, 0.05) is 5.56 Å². The number of benzene rings is 2. The van der Waals surface area contributed by atoms with E-state index in [0.29, 0.717) is 12.1 Å². The lowest BCUT2D eigenvalue weighted by Gasteiger charge is -2.03. The Bertz CT molecular complexity index is 981. The molecule has 0 bridgehead atoms. The van der Waals surface area contributed by atoms with Crippen molar-refractivity contribution in [2.24, 2.45) is 0 Å². The SMILES string of the molecule is Cc1nc2ccc(C(=O)NCc3nc4ccccc4[nH]3)cc2[nH]1. The topological polar surface area (TPSA) is 86.5 Å². The summed E-state index contributed by atoms with van der Waals surface area (Å²) in [5.74, 6) is 1.43. The van der Waals surface area contributed by atoms with Crippen LogP contribution in [0, 0.1) is 6.92 Å². The Labute approximate surface area is 132 Å². The van der Waals surface area contributed by atoms with Gasteiger partial charge in [-0.25, -0.2) is 9.97 Å². The van der Waals surface area contributed by atoms with E-state index >= 15 is 0 Å². The number of carbonyl (C=O) groups excluding carboxylic acids is 1. The van der Waals surface area contributed by atoms with Gasteiger partial charge in [-0.2, -0.15) is 0 Å². The lowest BCUT2D eigenvalue weighted by atomic mass is 10.2. The molecule has 0 aliphatic heterocycles. The fraction of sp³-hybridized carbons (Fsp3) is 0.118. The highest BCUT2D eigenvalue weighted by molar-refractivity contribution is 5.97. The number of nitrogens with zero attached hydrogens (tertiary/aromatic N) is 2. The van der Waals surface area contributed by atoms with E-state index in [1.54, 1.807) is 6.07 Å². The first-order valence-corrected chi connectivity index (χ1v) is 7.37. The van der Waals surface area contributed by atoms with Crippen LogP contribution in [0.3, 0.4) is 0 Å². The van der Waals surface area contributed by atoms with Crippen molar-refractivity contribution in [2.45, 2.75) is 13.5 Å². The molecule has 4 aromatic rings. The smallest absolute Gasteiger partial charge is 0.251 e. The van der Waals surface area contributed by atoms with Gasteiger partial charge in [0.15, 0.2) is 0 Å². The van der Waals surface area contributed by atoms with E-state index < -0.39 is 0 Å². The van der Waals surface area contributed by atoms with Crippen LogP contribution in [0.15, 0.2) is 42.5 Å². The standard InChI is InChI=1S/C17H15N5O/c1-10-19-14-7-6-11(8-15(14)20-10)17(23)18-9-16-21-12-4-2-3-5-13(12)22-16/h2-8H,9H2,1H3,(H,18,23)(H,19,20)(H,21,22). The van der Waals surface area contributed by atoms with Crippen LogP contribution < -0.4 is 5.32 Å². The highest BCUT2D eigenvalue weighted by atomic mass is 16.1. The minimum atomic E-state index is -0.139. The Kier molecular flexibility index (Phi) is 3.08. The van der Waals surface area contributed by atoms with Crippen LogP contribution in [0.4, 0.5) is 0 Å². The van der Waals surface area contributed by atoms with E-state index in [2.05, 4.69) is 25.3 Å². The monoisotopic (exact) mass is 305 g/mol. The number of hydrogen-bond acceptors (Lipinski definition) is 3. The molecule has 3 N–H and O–H groups in total. The summed E-state index contributed by atoms with van der Waals surface area (Å²) in [5, 5.41) is 2.88. The average Bonchev–Trinajstić information content (AvgIpc) is 3.13. The molecule has 1 amide bonds. The molecule has 6 nitrogen and oxygen atoms in total. The first-order valence-electron chi connectivity index (χ1n) is 7.37. The number of imidazole rings is 2. The molecule has 2 aromatic carbocycles. The molecule has 2 heterocycles. The molecule has 0 unspecified atom stereocenters. The molecule has 0 aliphatic carbocycles. The summed E-state index contributed by atoms with van der Waals surface area (Å²) >= 11 is 0. The first kappa shape index (κ1) is 13.5. The van der Waals surface area contributed by atoms with Gasteiger partial charge in [-0.05, 0) is 37.3 Å². The molecular weight excluding hydrogens is 290 g/mol. The van der Waals surface area contributed by atoms with Crippen molar-refractivity contribution in [3.05, 3.63) is 59.7 Å². The fourth-order valence-corrected chi connectivity index (χ4v) is 2.63. The largest absolute Gasteiger partial charge is 0.345 e. The lowest BCUT2D eigenvalue weighted by Crippen LogP contribution is -2.23. The number of nitrogens with one attached hydrogen (secondary N) is 3. The maximum Gasteiger partial charge on any atom is 0.251 e. The van der Waals surface area contributed by atoms with Gasteiger partial charge in [0.2, 0.25) is 0 Å². The predicted molar refractivity (Wildman–Crippen MR) is 88.1 cm³/mol. The van der Waals surface area contributed by atoms with Crippen molar-refractivity contribution in [1.29, 1.82) is 0 Å². The first-order chi connectivity index (χ1) is 11.2. The summed E-state index contributed by atoms with van der Waals surface area (Å²) in [6, 6.07) is 13.2. The molecule has 0 saturated carbocycles. The summed E-state index contributed by atoms with van der Waals surface area (Å²) in [7, 11) is 0. The summed E-state index contributed by atoms with van der Waals surface area (Å²) in [6.45, 7) is 2.24. The Morgan fingerprint density at radius 3 is 2.74 bits per heavy atom. The number of aromatic nitrogens is 4. The number of aryl methyl sites for hydroxylation is 1. The third-order valence-electron chi connectivity index (χ3n) is 3.72. The van der Waals surface area contributed by atoms with Crippen LogP contribution in [-0.4, -0.2) is 25.8 Å². The average molecular weight is 305 g/mol. The van der Waals surface area contributed by atoms with E-state index in [1.807, 2.05) is 43.3 Å². The van der Waals surface area contributed by atoms with Crippen LogP contribution >= 0.6 is 0 Å². The predicted octanol–water partition coefficient (Wildman–Crippen LogP) is 2.68. The van der Waals surface area contributed by atoms with E-state index in [-0.39, 0.29) is 5.91 Å². The van der Waals surface area contributed by atoms with Gasteiger partial charge >= 0.3 is 0 Å². The van der Waals surface area contributed by atoms with Gasteiger partial charge < -0.3 is 15.3 Å². The van der Waals surface area contributed by atoms with E-state index in [9.17, 15) is 4.79 Å². The molecule has 0 aliphatic rings. The molecule has 0 fully saturated rings. The van der Waals surface area contributed by atoms with Crippen molar-refractivity contribution in [3.8, 4) is 0 Å². The van der Waals surface area contributed by atoms with Gasteiger partial charge in [-0.15, -0.1) is 0 Å². The van der Waals surface area contributed by atoms with Crippen LogP contribution in [-0.2, 0) is 6.54 Å². The zero-order valence-electron chi connectivity index (χ0n) is 12.6. The van der Waals surface area contributed by atoms with Crippen LogP contribution in [0.5, 0.6) is 0 Å². The van der Waals surface area contributed by atoms with Crippen molar-refractivity contribution in [2.75, 3.05) is 0 Å². The van der Waals surface area contributed by atoms with Crippen LogP contribution in [0.1, 0.15) is 22.0 Å². The number of amides is 1. The summed E-state index contributed by atoms with van der Waals surface area (Å²) < 4.78 is 0. The number of hydrogen-bond donors (Lipinski definition) is 3. The van der Waals surface area contributed by atoms with Crippen LogP contribution in [0.2, 0.25) is 0 Å². The zero-order chi connectivity index (χ0) is 15.8. The molecule has 2 aromatic heterocycles. The van der Waals surface area contributed by atoms with E-state index in [1.165, 1.54) is 0 Å². The van der Waals surface area contributed by atoms with Gasteiger partial charge in [-0.3, -0.25) is 4.79 Å². The second kappa shape index (κ2) is 5.24. The minimum Gasteiger partial charge on any atom is -0.345 e. The Balaban J connectivity index is 1.51. The number of aromatic amines is 2. The summed E-state index contributed by atoms with van der Waals surface area (Å²) in [4.78, 5) is 27.4. The van der Waals surface area contributed by atoms with E-state index in [4.69, 9.17) is 0 Å². The fourth-order valence-electron chi connectivity index (χ4n) is 2.63. The lowest BCUT2D eigenvalue weighted by molar-refractivity contribution is 0.0950. The second-order valence-corrected chi connectivity index (χ2v) is 5.44. The van der Waals surface area contributed by atoms with Crippen molar-refractivity contribution in [3.63, 3.8) is 0 Å². The molecule has 0 spiro atoms. The molecule has 0 radical (unpaired) electrons. The summed E-state index contributed by atoms with van der Waals surface area (Å²) in [6.07, 6.45) is 0. The van der Waals surface area contributed by atoms with Crippen LogP contribution in [0.25, 0.3) is 22.1 Å². The Hall–Kier alpha value is -3.15. The van der Waals surface area contributed by atoms with Gasteiger partial charge in [0.25, 0.3) is 5.91 Å². The third-order valence-corrected chi connectivity index (χ3v) is 3.72. The van der Waals surface area contributed by atoms with Gasteiger partial charge in [0.05, 0.1) is 28.6 Å². The highest BCUT2D eigenvalue weighted by Gasteiger charge is 2.09. The molecule has 23 heavy (non-hydrogen) atoms. The maximum absolute atomic E-state index is 12.3. The summed E-state index contributed by atoms with van der Waals surface area (Å²) in [5.41, 5.74) is 4.17. The number of para-hydroxylation sites is 2. The van der Waals surface area contributed by atoms with Gasteiger partial charge in [0.1, 0.15) is 11.6 Å². The zero-order valence-corrected chi connectivity index (χ0v) is 12.6. The number of fused-ring (bicyclic) bond motifs is 2. The molecular formula is C17H15N5O. The minimum absolute atomic E-state index is 0.139. The normalized spacial score (nSPS) is 11.2.